The number of nitrogens with one attached hydrogen (secondary N) is 2. The largest absolute Gasteiger partial charge is 0.355 e. The molecule has 21 heavy (non-hydrogen) atoms. The second kappa shape index (κ2) is 8.24. The third-order valence-corrected chi connectivity index (χ3v) is 5.98. The standard InChI is InChI=1S/C12H10ClI3N2O3/c1-3-4(19)18-10-8(15)5(11(13)20)7(14)6(9(10)16)12(21)17-2/h3H2,1-2H3,(H,17,21)(H,18,19). The van der Waals surface area contributed by atoms with Gasteiger partial charge in [-0.3, -0.25) is 14.4 Å². The molecule has 0 unspecified atom stereocenters. The van der Waals surface area contributed by atoms with Crippen LogP contribution in [-0.2, 0) is 4.79 Å². The number of benzene rings is 1. The average molecular weight is 646 g/mol. The summed E-state index contributed by atoms with van der Waals surface area (Å²) in [7, 11) is 1.50. The Morgan fingerprint density at radius 1 is 1.05 bits per heavy atom. The fourth-order valence-corrected chi connectivity index (χ4v) is 6.42. The maximum atomic E-state index is 12.1. The Balaban J connectivity index is 3.71. The quantitative estimate of drug-likeness (QED) is 0.388. The first-order chi connectivity index (χ1) is 9.76. The van der Waals surface area contributed by atoms with Crippen molar-refractivity contribution in [3.05, 3.63) is 21.8 Å². The van der Waals surface area contributed by atoms with Gasteiger partial charge in [0.1, 0.15) is 0 Å². The first-order valence-electron chi connectivity index (χ1n) is 5.68. The Kier molecular flexibility index (Phi) is 7.60. The molecular weight excluding hydrogens is 636 g/mol. The van der Waals surface area contributed by atoms with E-state index < -0.39 is 5.24 Å². The summed E-state index contributed by atoms with van der Waals surface area (Å²) in [6.07, 6.45) is 0.289. The van der Waals surface area contributed by atoms with Crippen LogP contribution < -0.4 is 10.6 Å². The highest BCUT2D eigenvalue weighted by Gasteiger charge is 2.27. The summed E-state index contributed by atoms with van der Waals surface area (Å²) in [5.41, 5.74) is 0.990. The third kappa shape index (κ3) is 4.19. The third-order valence-electron chi connectivity index (χ3n) is 2.55. The topological polar surface area (TPSA) is 75.3 Å². The first kappa shape index (κ1) is 19.4. The molecule has 1 rings (SSSR count). The van der Waals surface area contributed by atoms with E-state index in [0.717, 1.165) is 0 Å². The highest BCUT2D eigenvalue weighted by Crippen LogP contribution is 2.36. The molecule has 0 aromatic heterocycles. The minimum atomic E-state index is -0.669. The molecule has 2 N–H and O–H groups in total. The molecule has 0 radical (unpaired) electrons. The number of carbonyl (C=O) groups excluding carboxylic acids is 3. The van der Waals surface area contributed by atoms with Crippen molar-refractivity contribution >= 4 is 102 Å². The van der Waals surface area contributed by atoms with E-state index in [2.05, 4.69) is 10.6 Å². The van der Waals surface area contributed by atoms with E-state index in [4.69, 9.17) is 11.6 Å². The molecular formula is C12H10ClI3N2O3. The fraction of sp³-hybridized carbons (Fsp3) is 0.250. The predicted octanol–water partition coefficient (Wildman–Crippen LogP) is 3.59. The summed E-state index contributed by atoms with van der Waals surface area (Å²) in [4.78, 5) is 35.4. The van der Waals surface area contributed by atoms with Crippen molar-refractivity contribution in [1.82, 2.24) is 5.32 Å². The zero-order valence-electron chi connectivity index (χ0n) is 10.9. The fourth-order valence-electron chi connectivity index (χ4n) is 1.50. The summed E-state index contributed by atoms with van der Waals surface area (Å²) >= 11 is 11.5. The zero-order chi connectivity index (χ0) is 16.3. The zero-order valence-corrected chi connectivity index (χ0v) is 18.2. The number of carbonyl (C=O) groups is 3. The molecule has 114 valence electrons. The van der Waals surface area contributed by atoms with Crippen LogP contribution in [0.15, 0.2) is 0 Å². The Morgan fingerprint density at radius 3 is 2.00 bits per heavy atom. The van der Waals surface area contributed by atoms with E-state index in [1.807, 2.05) is 67.8 Å². The van der Waals surface area contributed by atoms with Gasteiger partial charge in [-0.1, -0.05) is 6.92 Å². The Labute approximate surface area is 167 Å². The van der Waals surface area contributed by atoms with E-state index in [1.165, 1.54) is 7.05 Å². The number of halogens is 4. The lowest BCUT2D eigenvalue weighted by atomic mass is 10.1. The van der Waals surface area contributed by atoms with Gasteiger partial charge in [0.25, 0.3) is 11.1 Å². The molecule has 0 aliphatic rings. The molecule has 0 atom stereocenters. The van der Waals surface area contributed by atoms with Crippen LogP contribution in [0.2, 0.25) is 0 Å². The summed E-state index contributed by atoms with van der Waals surface area (Å²) in [6, 6.07) is 0. The summed E-state index contributed by atoms with van der Waals surface area (Å²) in [5, 5.41) is 4.58. The maximum absolute atomic E-state index is 12.1. The second-order valence-corrected chi connectivity index (χ2v) is 7.40. The van der Waals surface area contributed by atoms with Crippen molar-refractivity contribution in [3.63, 3.8) is 0 Å². The van der Waals surface area contributed by atoms with Crippen LogP contribution in [0.1, 0.15) is 34.1 Å². The molecule has 1 aromatic rings. The van der Waals surface area contributed by atoms with Gasteiger partial charge in [-0.05, 0) is 79.4 Å². The van der Waals surface area contributed by atoms with Gasteiger partial charge in [-0.2, -0.15) is 0 Å². The van der Waals surface area contributed by atoms with Crippen LogP contribution in [0, 0.1) is 10.7 Å². The van der Waals surface area contributed by atoms with E-state index in [1.54, 1.807) is 6.92 Å². The van der Waals surface area contributed by atoms with E-state index in [-0.39, 0.29) is 23.8 Å². The van der Waals surface area contributed by atoms with Gasteiger partial charge in [-0.15, -0.1) is 0 Å². The van der Waals surface area contributed by atoms with Crippen LogP contribution in [-0.4, -0.2) is 24.1 Å². The smallest absolute Gasteiger partial charge is 0.254 e. The minimum Gasteiger partial charge on any atom is -0.355 e. The van der Waals surface area contributed by atoms with E-state index in [9.17, 15) is 14.4 Å². The molecule has 2 amide bonds. The van der Waals surface area contributed by atoms with Gasteiger partial charge in [0.05, 0.1) is 24.0 Å². The number of hydrogen-bond acceptors (Lipinski definition) is 3. The molecule has 1 aromatic carbocycles. The number of anilines is 1. The Bertz CT molecular complexity index is 635. The molecule has 0 saturated carbocycles. The lowest BCUT2D eigenvalue weighted by Crippen LogP contribution is -2.24. The van der Waals surface area contributed by atoms with Gasteiger partial charge in [0, 0.05) is 17.0 Å². The van der Waals surface area contributed by atoms with Crippen LogP contribution in [0.25, 0.3) is 0 Å². The monoisotopic (exact) mass is 646 g/mol. The van der Waals surface area contributed by atoms with Gasteiger partial charge in [-0.25, -0.2) is 0 Å². The second-order valence-electron chi connectivity index (χ2n) is 3.82. The van der Waals surface area contributed by atoms with Gasteiger partial charge >= 0.3 is 0 Å². The Morgan fingerprint density at radius 2 is 1.57 bits per heavy atom. The van der Waals surface area contributed by atoms with Crippen molar-refractivity contribution in [3.8, 4) is 0 Å². The van der Waals surface area contributed by atoms with Gasteiger partial charge < -0.3 is 10.6 Å². The predicted molar refractivity (Wildman–Crippen MR) is 107 cm³/mol. The van der Waals surface area contributed by atoms with Crippen molar-refractivity contribution in [2.75, 3.05) is 12.4 Å². The van der Waals surface area contributed by atoms with Crippen LogP contribution in [0.5, 0.6) is 0 Å². The van der Waals surface area contributed by atoms with Gasteiger partial charge in [0.2, 0.25) is 5.91 Å². The minimum absolute atomic E-state index is 0.206. The lowest BCUT2D eigenvalue weighted by Gasteiger charge is -2.17. The van der Waals surface area contributed by atoms with E-state index in [0.29, 0.717) is 22.0 Å². The van der Waals surface area contributed by atoms with Crippen LogP contribution in [0.3, 0.4) is 0 Å². The highest BCUT2D eigenvalue weighted by atomic mass is 127. The summed E-state index contributed by atoms with van der Waals surface area (Å²) in [5.74, 6) is -0.547. The Hall–Kier alpha value is 0.310. The SMILES string of the molecule is CCC(=O)Nc1c(I)c(C(=O)Cl)c(I)c(C(=O)NC)c1I. The van der Waals surface area contributed by atoms with Crippen molar-refractivity contribution in [1.29, 1.82) is 0 Å². The van der Waals surface area contributed by atoms with Crippen LogP contribution >= 0.6 is 79.4 Å². The molecule has 0 fully saturated rings. The van der Waals surface area contributed by atoms with Crippen molar-refractivity contribution in [2.45, 2.75) is 13.3 Å². The van der Waals surface area contributed by atoms with E-state index >= 15 is 0 Å². The van der Waals surface area contributed by atoms with Gasteiger partial charge in [0.15, 0.2) is 0 Å². The van der Waals surface area contributed by atoms with Crippen molar-refractivity contribution < 1.29 is 14.4 Å². The normalized spacial score (nSPS) is 10.2. The number of rotatable bonds is 4. The molecule has 5 nitrogen and oxygen atoms in total. The summed E-state index contributed by atoms with van der Waals surface area (Å²) < 4.78 is 1.57. The molecule has 9 heteroatoms. The summed E-state index contributed by atoms with van der Waals surface area (Å²) in [6.45, 7) is 1.72. The number of amides is 2. The molecule has 0 bridgehead atoms. The molecule has 0 spiro atoms. The van der Waals surface area contributed by atoms with Crippen molar-refractivity contribution in [2.24, 2.45) is 0 Å². The molecule has 0 aliphatic heterocycles. The molecule has 0 aliphatic carbocycles. The number of hydrogen-bond donors (Lipinski definition) is 2. The maximum Gasteiger partial charge on any atom is 0.254 e. The molecule has 0 saturated heterocycles. The molecule has 0 heterocycles. The van der Waals surface area contributed by atoms with Crippen LogP contribution in [0.4, 0.5) is 5.69 Å². The average Bonchev–Trinajstić information content (AvgIpc) is 2.42. The first-order valence-corrected chi connectivity index (χ1v) is 9.29. The lowest BCUT2D eigenvalue weighted by molar-refractivity contribution is -0.115. The highest BCUT2D eigenvalue weighted by molar-refractivity contribution is 14.1.